The number of carbonyl (C=O) groups excluding carboxylic acids is 3. The van der Waals surface area contributed by atoms with Gasteiger partial charge in [0.15, 0.2) is 11.6 Å². The summed E-state index contributed by atoms with van der Waals surface area (Å²) in [5.74, 6) is -3.36. The molecular weight excluding hydrogens is 318 g/mol. The van der Waals surface area contributed by atoms with Crippen LogP contribution >= 0.6 is 0 Å². The minimum atomic E-state index is -1.05. The number of anilines is 1. The number of fused-ring (bicyclic) bond motifs is 1. The molecule has 3 rings (SSSR count). The summed E-state index contributed by atoms with van der Waals surface area (Å²) < 4.78 is 26.0. The van der Waals surface area contributed by atoms with Crippen LogP contribution in [-0.4, -0.2) is 29.2 Å². The van der Waals surface area contributed by atoms with Gasteiger partial charge >= 0.3 is 0 Å². The van der Waals surface area contributed by atoms with Gasteiger partial charge in [-0.15, -0.1) is 0 Å². The van der Waals surface area contributed by atoms with Crippen molar-refractivity contribution in [1.82, 2.24) is 4.90 Å². The molecule has 0 spiro atoms. The van der Waals surface area contributed by atoms with Crippen molar-refractivity contribution < 1.29 is 23.2 Å². The van der Waals surface area contributed by atoms with Crippen molar-refractivity contribution in [2.24, 2.45) is 11.8 Å². The van der Waals surface area contributed by atoms with E-state index in [1.54, 1.807) is 0 Å². The smallest absolute Gasteiger partial charge is 0.233 e. The Morgan fingerprint density at radius 3 is 2.29 bits per heavy atom. The van der Waals surface area contributed by atoms with Crippen LogP contribution in [0.1, 0.15) is 32.1 Å². The molecule has 1 saturated carbocycles. The van der Waals surface area contributed by atoms with Gasteiger partial charge in [-0.3, -0.25) is 19.3 Å². The van der Waals surface area contributed by atoms with E-state index in [1.807, 2.05) is 0 Å². The van der Waals surface area contributed by atoms with Crippen molar-refractivity contribution in [2.75, 3.05) is 11.9 Å². The molecule has 1 N–H and O–H groups in total. The molecule has 1 heterocycles. The van der Waals surface area contributed by atoms with Crippen molar-refractivity contribution in [3.05, 3.63) is 29.8 Å². The van der Waals surface area contributed by atoms with Gasteiger partial charge in [0.1, 0.15) is 0 Å². The van der Waals surface area contributed by atoms with Crippen LogP contribution in [0.4, 0.5) is 14.5 Å². The van der Waals surface area contributed by atoms with Crippen LogP contribution in [0.25, 0.3) is 0 Å². The Balaban J connectivity index is 1.57. The monoisotopic (exact) mass is 336 g/mol. The van der Waals surface area contributed by atoms with Crippen molar-refractivity contribution in [1.29, 1.82) is 0 Å². The Morgan fingerprint density at radius 1 is 1.08 bits per heavy atom. The summed E-state index contributed by atoms with van der Waals surface area (Å²) in [6.45, 7) is 0.0141. The highest BCUT2D eigenvalue weighted by atomic mass is 19.2. The molecule has 1 aliphatic heterocycles. The zero-order valence-corrected chi connectivity index (χ0v) is 13.1. The first kappa shape index (κ1) is 16.5. The van der Waals surface area contributed by atoms with Gasteiger partial charge in [0, 0.05) is 24.7 Å². The van der Waals surface area contributed by atoms with E-state index in [1.165, 1.54) is 11.0 Å². The Hall–Kier alpha value is -2.31. The standard InChI is InChI=1S/C17H18F2N2O3/c18-13-6-5-10(9-14(13)19)20-15(22)7-8-21-16(23)11-3-1-2-4-12(11)17(21)24/h5-6,9,11-12H,1-4,7-8H2,(H,20,22)/t11-,12+. The summed E-state index contributed by atoms with van der Waals surface area (Å²) >= 11 is 0. The van der Waals surface area contributed by atoms with E-state index in [9.17, 15) is 23.2 Å². The molecule has 2 aliphatic rings. The predicted molar refractivity (Wildman–Crippen MR) is 81.8 cm³/mol. The van der Waals surface area contributed by atoms with E-state index >= 15 is 0 Å². The largest absolute Gasteiger partial charge is 0.326 e. The zero-order valence-electron chi connectivity index (χ0n) is 13.1. The lowest BCUT2D eigenvalue weighted by atomic mass is 9.81. The molecule has 3 amide bonds. The molecular formula is C17H18F2N2O3. The second-order valence-corrected chi connectivity index (χ2v) is 6.25. The van der Waals surface area contributed by atoms with Gasteiger partial charge in [-0.05, 0) is 25.0 Å². The Bertz CT molecular complexity index is 668. The van der Waals surface area contributed by atoms with Crippen LogP contribution in [0.3, 0.4) is 0 Å². The minimum absolute atomic E-state index is 0.0141. The summed E-state index contributed by atoms with van der Waals surface area (Å²) in [6.07, 6.45) is 3.28. The fraction of sp³-hybridized carbons (Fsp3) is 0.471. The Kier molecular flexibility index (Phi) is 4.59. The van der Waals surface area contributed by atoms with Crippen molar-refractivity contribution in [3.8, 4) is 0 Å². The molecule has 2 fully saturated rings. The lowest BCUT2D eigenvalue weighted by Gasteiger charge is -2.19. The van der Waals surface area contributed by atoms with Crippen LogP contribution in [-0.2, 0) is 14.4 Å². The van der Waals surface area contributed by atoms with Gasteiger partial charge in [0.25, 0.3) is 0 Å². The number of hydrogen-bond acceptors (Lipinski definition) is 3. The number of rotatable bonds is 4. The Morgan fingerprint density at radius 2 is 1.71 bits per heavy atom. The maximum absolute atomic E-state index is 13.1. The molecule has 1 saturated heterocycles. The molecule has 1 aromatic carbocycles. The third-order valence-corrected chi connectivity index (χ3v) is 4.70. The summed E-state index contributed by atoms with van der Waals surface area (Å²) in [6, 6.07) is 3.05. The number of imide groups is 1. The number of hydrogen-bond donors (Lipinski definition) is 1. The number of carbonyl (C=O) groups is 3. The van der Waals surface area contributed by atoms with Gasteiger partial charge in [0.05, 0.1) is 11.8 Å². The summed E-state index contributed by atoms with van der Waals surface area (Å²) in [4.78, 5) is 37.7. The van der Waals surface area contributed by atoms with Crippen LogP contribution < -0.4 is 5.32 Å². The maximum Gasteiger partial charge on any atom is 0.233 e. The molecule has 128 valence electrons. The first-order valence-corrected chi connectivity index (χ1v) is 8.07. The van der Waals surface area contributed by atoms with Crippen LogP contribution in [0.5, 0.6) is 0 Å². The molecule has 0 aromatic heterocycles. The lowest BCUT2D eigenvalue weighted by Crippen LogP contribution is -2.34. The first-order chi connectivity index (χ1) is 11.5. The fourth-order valence-corrected chi connectivity index (χ4v) is 3.46. The summed E-state index contributed by atoms with van der Waals surface area (Å²) in [7, 11) is 0. The van der Waals surface area contributed by atoms with E-state index in [0.717, 1.165) is 37.8 Å². The molecule has 24 heavy (non-hydrogen) atoms. The van der Waals surface area contributed by atoms with Crippen molar-refractivity contribution >= 4 is 23.4 Å². The zero-order chi connectivity index (χ0) is 17.3. The molecule has 0 radical (unpaired) electrons. The molecule has 5 nitrogen and oxygen atoms in total. The molecule has 0 bridgehead atoms. The highest BCUT2D eigenvalue weighted by molar-refractivity contribution is 6.05. The predicted octanol–water partition coefficient (Wildman–Crippen LogP) is 2.47. The average Bonchev–Trinajstić information content (AvgIpc) is 2.81. The number of nitrogens with one attached hydrogen (secondary N) is 1. The van der Waals surface area contributed by atoms with E-state index in [-0.39, 0.29) is 42.3 Å². The molecule has 0 unspecified atom stereocenters. The van der Waals surface area contributed by atoms with Gasteiger partial charge in [-0.25, -0.2) is 8.78 Å². The fourth-order valence-electron chi connectivity index (χ4n) is 3.46. The molecule has 1 aromatic rings. The highest BCUT2D eigenvalue weighted by Crippen LogP contribution is 2.37. The highest BCUT2D eigenvalue weighted by Gasteiger charge is 2.47. The normalized spacial score (nSPS) is 23.3. The van der Waals surface area contributed by atoms with E-state index in [0.29, 0.717) is 0 Å². The lowest BCUT2D eigenvalue weighted by molar-refractivity contribution is -0.140. The number of nitrogens with zero attached hydrogens (tertiary/aromatic N) is 1. The van der Waals surface area contributed by atoms with Gasteiger partial charge < -0.3 is 5.32 Å². The quantitative estimate of drug-likeness (QED) is 0.859. The number of halogens is 2. The van der Waals surface area contributed by atoms with Crippen molar-refractivity contribution in [3.63, 3.8) is 0 Å². The number of benzene rings is 1. The maximum atomic E-state index is 13.1. The Labute approximate surface area is 138 Å². The van der Waals surface area contributed by atoms with Gasteiger partial charge in [0.2, 0.25) is 17.7 Å². The second-order valence-electron chi connectivity index (χ2n) is 6.25. The first-order valence-electron chi connectivity index (χ1n) is 8.07. The van der Waals surface area contributed by atoms with E-state index in [2.05, 4.69) is 5.32 Å². The van der Waals surface area contributed by atoms with Gasteiger partial charge in [-0.1, -0.05) is 12.8 Å². The van der Waals surface area contributed by atoms with Crippen molar-refractivity contribution in [2.45, 2.75) is 32.1 Å². The number of likely N-dealkylation sites (tertiary alicyclic amines) is 1. The second kappa shape index (κ2) is 6.67. The molecule has 1 aliphatic carbocycles. The van der Waals surface area contributed by atoms with Crippen LogP contribution in [0, 0.1) is 23.5 Å². The summed E-state index contributed by atoms with van der Waals surface area (Å²) in [5, 5.41) is 2.43. The SMILES string of the molecule is O=C(CCN1C(=O)[C@H]2CCCC[C@H]2C1=O)Nc1ccc(F)c(F)c1. The average molecular weight is 336 g/mol. The third kappa shape index (κ3) is 3.16. The van der Waals surface area contributed by atoms with Gasteiger partial charge in [-0.2, -0.15) is 0 Å². The third-order valence-electron chi connectivity index (χ3n) is 4.70. The summed E-state index contributed by atoms with van der Waals surface area (Å²) in [5.41, 5.74) is 0.131. The topological polar surface area (TPSA) is 66.5 Å². The van der Waals surface area contributed by atoms with E-state index < -0.39 is 17.5 Å². The molecule has 7 heteroatoms. The number of amides is 3. The van der Waals surface area contributed by atoms with Crippen LogP contribution in [0.15, 0.2) is 18.2 Å². The van der Waals surface area contributed by atoms with E-state index in [4.69, 9.17) is 0 Å². The van der Waals surface area contributed by atoms with Crippen LogP contribution in [0.2, 0.25) is 0 Å². The minimum Gasteiger partial charge on any atom is -0.326 e. The molecule has 2 atom stereocenters.